The van der Waals surface area contributed by atoms with Gasteiger partial charge in [0.1, 0.15) is 0 Å². The zero-order valence-corrected chi connectivity index (χ0v) is 17.5. The van der Waals surface area contributed by atoms with Gasteiger partial charge in [0.2, 0.25) is 0 Å². The minimum atomic E-state index is -0.777. The van der Waals surface area contributed by atoms with Crippen LogP contribution in [0.4, 0.5) is 5.69 Å². The van der Waals surface area contributed by atoms with Gasteiger partial charge in [-0.15, -0.1) is 0 Å². The van der Waals surface area contributed by atoms with Crippen LogP contribution in [0.5, 0.6) is 0 Å². The van der Waals surface area contributed by atoms with Crippen molar-refractivity contribution in [1.29, 1.82) is 0 Å². The van der Waals surface area contributed by atoms with Crippen LogP contribution < -0.4 is 5.32 Å². The normalized spacial score (nSPS) is 12.5. The van der Waals surface area contributed by atoms with E-state index in [2.05, 4.69) is 5.32 Å². The van der Waals surface area contributed by atoms with E-state index in [0.717, 1.165) is 10.5 Å². The molecule has 1 aliphatic heterocycles. The quantitative estimate of drug-likeness (QED) is 0.455. The number of nitrogens with zero attached hydrogens (tertiary/aromatic N) is 1. The van der Waals surface area contributed by atoms with E-state index in [-0.39, 0.29) is 23.2 Å². The Morgan fingerprint density at radius 3 is 2.28 bits per heavy atom. The number of amides is 3. The third-order valence-electron chi connectivity index (χ3n) is 4.85. The first kappa shape index (κ1) is 21.3. The van der Waals surface area contributed by atoms with Gasteiger partial charge in [0.15, 0.2) is 6.61 Å². The summed E-state index contributed by atoms with van der Waals surface area (Å²) < 4.78 is 5.04. The largest absolute Gasteiger partial charge is 0.452 e. The van der Waals surface area contributed by atoms with Crippen LogP contribution in [0.25, 0.3) is 0 Å². The molecule has 3 amide bonds. The number of carbonyl (C=O) groups excluding carboxylic acids is 4. The fourth-order valence-electron chi connectivity index (χ4n) is 3.27. The van der Waals surface area contributed by atoms with Crippen molar-refractivity contribution in [2.24, 2.45) is 0 Å². The van der Waals surface area contributed by atoms with E-state index in [9.17, 15) is 19.2 Å². The van der Waals surface area contributed by atoms with Gasteiger partial charge in [-0.05, 0) is 48.0 Å². The lowest BCUT2D eigenvalue weighted by Gasteiger charge is -2.13. The van der Waals surface area contributed by atoms with Crippen molar-refractivity contribution in [2.45, 2.75) is 6.54 Å². The number of benzene rings is 3. The molecule has 160 valence electrons. The van der Waals surface area contributed by atoms with Crippen LogP contribution in [-0.4, -0.2) is 35.2 Å². The summed E-state index contributed by atoms with van der Waals surface area (Å²) in [4.78, 5) is 50.9. The van der Waals surface area contributed by atoms with Crippen LogP contribution in [-0.2, 0) is 16.1 Å². The lowest BCUT2D eigenvalue weighted by Crippen LogP contribution is -2.29. The van der Waals surface area contributed by atoms with Crippen LogP contribution in [0.2, 0.25) is 5.02 Å². The number of esters is 1. The fourth-order valence-corrected chi connectivity index (χ4v) is 3.40. The van der Waals surface area contributed by atoms with Crippen LogP contribution in [0, 0.1) is 0 Å². The van der Waals surface area contributed by atoms with E-state index in [1.165, 1.54) is 18.2 Å². The molecular formula is C24H17ClN2O5. The topological polar surface area (TPSA) is 92.8 Å². The van der Waals surface area contributed by atoms with E-state index in [1.807, 2.05) is 30.3 Å². The summed E-state index contributed by atoms with van der Waals surface area (Å²) in [5.41, 5.74) is 1.75. The van der Waals surface area contributed by atoms with Gasteiger partial charge in [-0.25, -0.2) is 4.79 Å². The molecule has 0 bridgehead atoms. The molecule has 0 aromatic heterocycles. The Kier molecular flexibility index (Phi) is 6.00. The molecule has 0 spiro atoms. The highest BCUT2D eigenvalue weighted by atomic mass is 35.5. The Labute approximate surface area is 188 Å². The summed E-state index contributed by atoms with van der Waals surface area (Å²) in [6, 6.07) is 19.7. The Morgan fingerprint density at radius 2 is 1.56 bits per heavy atom. The van der Waals surface area contributed by atoms with Crippen LogP contribution in [0.15, 0.2) is 72.8 Å². The predicted octanol–water partition coefficient (Wildman–Crippen LogP) is 3.93. The zero-order valence-electron chi connectivity index (χ0n) is 16.7. The van der Waals surface area contributed by atoms with Crippen molar-refractivity contribution < 1.29 is 23.9 Å². The first-order valence-corrected chi connectivity index (χ1v) is 10.1. The maximum absolute atomic E-state index is 12.8. The average Bonchev–Trinajstić information content (AvgIpc) is 3.04. The highest BCUT2D eigenvalue weighted by Gasteiger charge is 2.36. The third-order valence-corrected chi connectivity index (χ3v) is 5.10. The van der Waals surface area contributed by atoms with Crippen molar-refractivity contribution >= 4 is 41.0 Å². The first-order valence-electron chi connectivity index (χ1n) is 9.69. The molecule has 32 heavy (non-hydrogen) atoms. The number of halogens is 1. The monoisotopic (exact) mass is 448 g/mol. The molecule has 1 aliphatic rings. The van der Waals surface area contributed by atoms with Crippen LogP contribution >= 0.6 is 11.6 Å². The molecule has 0 aliphatic carbocycles. The van der Waals surface area contributed by atoms with E-state index in [1.54, 1.807) is 24.3 Å². The molecule has 0 saturated heterocycles. The lowest BCUT2D eigenvalue weighted by molar-refractivity contribution is -0.119. The van der Waals surface area contributed by atoms with Crippen molar-refractivity contribution in [2.75, 3.05) is 11.9 Å². The van der Waals surface area contributed by atoms with Crippen LogP contribution in [0.1, 0.15) is 36.6 Å². The van der Waals surface area contributed by atoms with Gasteiger partial charge in [-0.1, -0.05) is 41.9 Å². The summed E-state index contributed by atoms with van der Waals surface area (Å²) in [6.45, 7) is -0.372. The van der Waals surface area contributed by atoms with Crippen molar-refractivity contribution in [3.05, 3.63) is 100 Å². The van der Waals surface area contributed by atoms with Crippen LogP contribution in [0.3, 0.4) is 0 Å². The molecule has 0 radical (unpaired) electrons. The van der Waals surface area contributed by atoms with Crippen molar-refractivity contribution in [3.8, 4) is 0 Å². The van der Waals surface area contributed by atoms with Crippen molar-refractivity contribution in [1.82, 2.24) is 4.90 Å². The number of imide groups is 1. The maximum atomic E-state index is 12.8. The molecule has 0 fully saturated rings. The van der Waals surface area contributed by atoms with Gasteiger partial charge in [0.25, 0.3) is 17.7 Å². The number of nitrogens with one attached hydrogen (secondary N) is 1. The van der Waals surface area contributed by atoms with Gasteiger partial charge < -0.3 is 10.1 Å². The maximum Gasteiger partial charge on any atom is 0.338 e. The molecule has 3 aromatic rings. The molecule has 1 N–H and O–H groups in total. The molecule has 4 rings (SSSR count). The molecule has 0 saturated carbocycles. The predicted molar refractivity (Wildman–Crippen MR) is 117 cm³/mol. The summed E-state index contributed by atoms with van der Waals surface area (Å²) >= 11 is 5.80. The molecular weight excluding hydrogens is 432 g/mol. The zero-order chi connectivity index (χ0) is 22.7. The number of hydrogen-bond acceptors (Lipinski definition) is 5. The second-order valence-electron chi connectivity index (χ2n) is 7.07. The number of rotatable bonds is 6. The van der Waals surface area contributed by atoms with E-state index in [0.29, 0.717) is 10.7 Å². The fraction of sp³-hybridized carbons (Fsp3) is 0.0833. The number of carbonyl (C=O) groups is 4. The minimum Gasteiger partial charge on any atom is -0.452 e. The highest BCUT2D eigenvalue weighted by Crippen LogP contribution is 2.26. The Balaban J connectivity index is 1.40. The summed E-state index contributed by atoms with van der Waals surface area (Å²) in [6.07, 6.45) is 0. The lowest BCUT2D eigenvalue weighted by atomic mass is 10.1. The number of anilines is 1. The molecule has 8 heteroatoms. The number of fused-ring (bicyclic) bond motifs is 1. The minimum absolute atomic E-state index is 0.0748. The second-order valence-corrected chi connectivity index (χ2v) is 7.51. The second kappa shape index (κ2) is 9.03. The van der Waals surface area contributed by atoms with Gasteiger partial charge in [0.05, 0.1) is 23.2 Å². The van der Waals surface area contributed by atoms with Gasteiger partial charge in [0, 0.05) is 10.7 Å². The number of hydrogen-bond donors (Lipinski definition) is 1. The van der Waals surface area contributed by atoms with Gasteiger partial charge in [-0.3, -0.25) is 19.3 Å². The highest BCUT2D eigenvalue weighted by molar-refractivity contribution is 6.30. The Morgan fingerprint density at radius 1 is 0.875 bits per heavy atom. The molecule has 1 heterocycles. The SMILES string of the molecule is O=C(COC(=O)c1ccc2c(c1)C(=O)N(Cc1ccccc1)C2=O)Nc1ccc(Cl)cc1. The summed E-state index contributed by atoms with van der Waals surface area (Å²) in [7, 11) is 0. The molecule has 7 nitrogen and oxygen atoms in total. The van der Waals surface area contributed by atoms with E-state index in [4.69, 9.17) is 16.3 Å². The molecule has 0 atom stereocenters. The van der Waals surface area contributed by atoms with Gasteiger partial charge >= 0.3 is 5.97 Å². The average molecular weight is 449 g/mol. The summed E-state index contributed by atoms with van der Waals surface area (Å²) in [5.74, 6) is -2.21. The van der Waals surface area contributed by atoms with E-state index >= 15 is 0 Å². The first-order chi connectivity index (χ1) is 15.4. The standard InChI is InChI=1S/C24H17ClN2O5/c25-17-7-9-18(10-8-17)26-21(28)14-32-24(31)16-6-11-19-20(12-16)23(30)27(22(19)29)13-15-4-2-1-3-5-15/h1-12H,13-14H2,(H,26,28). The molecule has 3 aromatic carbocycles. The van der Waals surface area contributed by atoms with Gasteiger partial charge in [-0.2, -0.15) is 0 Å². The summed E-state index contributed by atoms with van der Waals surface area (Å²) in [5, 5.41) is 3.11. The smallest absolute Gasteiger partial charge is 0.338 e. The number of ether oxygens (including phenoxy) is 1. The van der Waals surface area contributed by atoms with E-state index < -0.39 is 30.3 Å². The third kappa shape index (κ3) is 4.53. The molecule has 0 unspecified atom stereocenters. The van der Waals surface area contributed by atoms with Crippen molar-refractivity contribution in [3.63, 3.8) is 0 Å². The Hall–Kier alpha value is -3.97. The Bertz CT molecular complexity index is 1210.